The molecule has 1 heterocycles. The van der Waals surface area contributed by atoms with Gasteiger partial charge in [-0.05, 0) is 49.7 Å². The lowest BCUT2D eigenvalue weighted by atomic mass is 9.80. The molecule has 1 aromatic rings. The number of aliphatic hydroxyl groups excluding tert-OH is 1. The quantitative estimate of drug-likeness (QED) is 0.895. The predicted molar refractivity (Wildman–Crippen MR) is 71.5 cm³/mol. The van der Waals surface area contributed by atoms with Gasteiger partial charge in [0.25, 0.3) is 0 Å². The van der Waals surface area contributed by atoms with Crippen LogP contribution in [0.15, 0.2) is 12.1 Å². The van der Waals surface area contributed by atoms with Crippen molar-refractivity contribution in [3.63, 3.8) is 0 Å². The second-order valence-corrected chi connectivity index (χ2v) is 5.62. The smallest absolute Gasteiger partial charge is 0.214 e. The highest BCUT2D eigenvalue weighted by Gasteiger charge is 2.26. The Morgan fingerprint density at radius 1 is 1.28 bits per heavy atom. The second-order valence-electron chi connectivity index (χ2n) is 5.62. The highest BCUT2D eigenvalue weighted by Crippen LogP contribution is 2.31. The molecule has 0 amide bonds. The Balaban J connectivity index is 2.03. The van der Waals surface area contributed by atoms with E-state index in [9.17, 15) is 5.11 Å². The van der Waals surface area contributed by atoms with E-state index >= 15 is 0 Å². The minimum atomic E-state index is 0.0395. The minimum absolute atomic E-state index is 0.0395. The first-order chi connectivity index (χ1) is 8.58. The summed E-state index contributed by atoms with van der Waals surface area (Å²) in [6, 6.07) is 3.73. The van der Waals surface area contributed by atoms with E-state index in [1.165, 1.54) is 6.42 Å². The van der Waals surface area contributed by atoms with Crippen molar-refractivity contribution in [3.05, 3.63) is 23.4 Å². The number of aromatic nitrogens is 1. The van der Waals surface area contributed by atoms with Gasteiger partial charge in [0.2, 0.25) is 5.88 Å². The molecule has 1 saturated carbocycles. The normalized spacial score (nSPS) is 28.1. The summed E-state index contributed by atoms with van der Waals surface area (Å²) in [5, 5.41) is 9.19. The zero-order chi connectivity index (χ0) is 13.1. The molecule has 1 aliphatic carbocycles. The summed E-state index contributed by atoms with van der Waals surface area (Å²) >= 11 is 0. The number of nitrogens with zero attached hydrogens (tertiary/aromatic N) is 1. The third kappa shape index (κ3) is 3.22. The molecule has 2 rings (SSSR count). The Kier molecular flexibility index (Phi) is 4.23. The molecule has 0 spiro atoms. The van der Waals surface area contributed by atoms with Crippen molar-refractivity contribution in [2.75, 3.05) is 0 Å². The number of hydrogen-bond donors (Lipinski definition) is 1. The van der Waals surface area contributed by atoms with Crippen molar-refractivity contribution in [3.8, 4) is 5.88 Å². The predicted octanol–water partition coefficient (Wildman–Crippen LogP) is 3.09. The topological polar surface area (TPSA) is 42.4 Å². The van der Waals surface area contributed by atoms with Crippen molar-refractivity contribution < 1.29 is 9.84 Å². The molecule has 0 bridgehead atoms. The average molecular weight is 249 g/mol. The summed E-state index contributed by atoms with van der Waals surface area (Å²) in [5.41, 5.74) is 1.77. The van der Waals surface area contributed by atoms with Crippen LogP contribution in [0.2, 0.25) is 0 Å². The van der Waals surface area contributed by atoms with E-state index in [1.54, 1.807) is 0 Å². The van der Waals surface area contributed by atoms with Gasteiger partial charge in [0.1, 0.15) is 6.10 Å². The first-order valence-electron chi connectivity index (χ1n) is 6.83. The fourth-order valence-electron chi connectivity index (χ4n) is 2.63. The van der Waals surface area contributed by atoms with Crippen molar-refractivity contribution in [1.29, 1.82) is 0 Å². The Bertz CT molecular complexity index is 405. The molecule has 3 atom stereocenters. The van der Waals surface area contributed by atoms with E-state index in [-0.39, 0.29) is 12.7 Å². The standard InChI is InChI=1S/C15H23NO2/c1-10-4-5-14(6-11(10)2)18-15-8-13(9-17)7-12(3)16-15/h7-8,10-11,14,17H,4-6,9H2,1-3H3. The molecular weight excluding hydrogens is 226 g/mol. The highest BCUT2D eigenvalue weighted by molar-refractivity contribution is 5.24. The molecule has 1 fully saturated rings. The van der Waals surface area contributed by atoms with Gasteiger partial charge in [0.15, 0.2) is 0 Å². The molecule has 3 nitrogen and oxygen atoms in total. The number of aryl methyl sites for hydroxylation is 1. The Morgan fingerprint density at radius 3 is 2.72 bits per heavy atom. The highest BCUT2D eigenvalue weighted by atomic mass is 16.5. The molecule has 0 saturated heterocycles. The van der Waals surface area contributed by atoms with E-state index in [4.69, 9.17) is 4.74 Å². The average Bonchev–Trinajstić information content (AvgIpc) is 2.33. The van der Waals surface area contributed by atoms with Crippen molar-refractivity contribution in [1.82, 2.24) is 4.98 Å². The van der Waals surface area contributed by atoms with Crippen LogP contribution < -0.4 is 4.74 Å². The molecular formula is C15H23NO2. The van der Waals surface area contributed by atoms with Crippen LogP contribution in [0.4, 0.5) is 0 Å². The third-order valence-corrected chi connectivity index (χ3v) is 4.01. The number of pyridine rings is 1. The van der Waals surface area contributed by atoms with E-state index in [0.717, 1.165) is 30.0 Å². The molecule has 0 aromatic carbocycles. The third-order valence-electron chi connectivity index (χ3n) is 4.01. The number of ether oxygens (including phenoxy) is 1. The molecule has 3 heteroatoms. The molecule has 0 aliphatic heterocycles. The molecule has 3 unspecified atom stereocenters. The van der Waals surface area contributed by atoms with Gasteiger partial charge in [-0.3, -0.25) is 0 Å². The van der Waals surface area contributed by atoms with Crippen LogP contribution in [-0.2, 0) is 6.61 Å². The SMILES string of the molecule is Cc1cc(CO)cc(OC2CCC(C)C(C)C2)n1. The van der Waals surface area contributed by atoms with Crippen LogP contribution in [0.5, 0.6) is 5.88 Å². The molecule has 100 valence electrons. The van der Waals surface area contributed by atoms with Gasteiger partial charge < -0.3 is 9.84 Å². The van der Waals surface area contributed by atoms with Gasteiger partial charge in [0.05, 0.1) is 6.61 Å². The van der Waals surface area contributed by atoms with Crippen LogP contribution in [0.1, 0.15) is 44.4 Å². The lowest BCUT2D eigenvalue weighted by Crippen LogP contribution is -2.29. The Hall–Kier alpha value is -1.09. The fourth-order valence-corrected chi connectivity index (χ4v) is 2.63. The number of rotatable bonds is 3. The van der Waals surface area contributed by atoms with E-state index < -0.39 is 0 Å². The Labute approximate surface area is 109 Å². The maximum Gasteiger partial charge on any atom is 0.214 e. The van der Waals surface area contributed by atoms with Gasteiger partial charge in [-0.15, -0.1) is 0 Å². The minimum Gasteiger partial charge on any atom is -0.474 e. The summed E-state index contributed by atoms with van der Waals surface area (Å²) in [5.74, 6) is 2.17. The van der Waals surface area contributed by atoms with Crippen LogP contribution >= 0.6 is 0 Å². The molecule has 18 heavy (non-hydrogen) atoms. The summed E-state index contributed by atoms with van der Waals surface area (Å²) in [6.45, 7) is 6.58. The van der Waals surface area contributed by atoms with Crippen LogP contribution in [0, 0.1) is 18.8 Å². The first-order valence-corrected chi connectivity index (χ1v) is 6.83. The van der Waals surface area contributed by atoms with E-state index in [0.29, 0.717) is 11.8 Å². The summed E-state index contributed by atoms with van der Waals surface area (Å²) in [4.78, 5) is 4.39. The monoisotopic (exact) mass is 249 g/mol. The zero-order valence-corrected chi connectivity index (χ0v) is 11.5. The van der Waals surface area contributed by atoms with Crippen LogP contribution in [0.25, 0.3) is 0 Å². The van der Waals surface area contributed by atoms with Gasteiger partial charge in [0, 0.05) is 11.8 Å². The van der Waals surface area contributed by atoms with Crippen LogP contribution in [-0.4, -0.2) is 16.2 Å². The fraction of sp³-hybridized carbons (Fsp3) is 0.667. The van der Waals surface area contributed by atoms with Crippen molar-refractivity contribution in [2.24, 2.45) is 11.8 Å². The maximum absolute atomic E-state index is 9.19. The first kappa shape index (κ1) is 13.3. The zero-order valence-electron chi connectivity index (χ0n) is 11.5. The largest absolute Gasteiger partial charge is 0.474 e. The van der Waals surface area contributed by atoms with Gasteiger partial charge in [-0.25, -0.2) is 4.98 Å². The molecule has 1 N–H and O–H groups in total. The Morgan fingerprint density at radius 2 is 2.06 bits per heavy atom. The molecule has 1 aromatic heterocycles. The van der Waals surface area contributed by atoms with Gasteiger partial charge in [-0.2, -0.15) is 0 Å². The molecule has 1 aliphatic rings. The lowest BCUT2D eigenvalue weighted by Gasteiger charge is -2.32. The summed E-state index contributed by atoms with van der Waals surface area (Å²) < 4.78 is 5.98. The van der Waals surface area contributed by atoms with Gasteiger partial charge >= 0.3 is 0 Å². The van der Waals surface area contributed by atoms with Crippen molar-refractivity contribution in [2.45, 2.75) is 52.7 Å². The molecule has 0 radical (unpaired) electrons. The number of aliphatic hydroxyl groups is 1. The second kappa shape index (κ2) is 5.70. The van der Waals surface area contributed by atoms with Gasteiger partial charge in [-0.1, -0.05) is 13.8 Å². The van der Waals surface area contributed by atoms with Crippen molar-refractivity contribution >= 4 is 0 Å². The van der Waals surface area contributed by atoms with Crippen LogP contribution in [0.3, 0.4) is 0 Å². The summed E-state index contributed by atoms with van der Waals surface area (Å²) in [6.07, 6.45) is 3.71. The van der Waals surface area contributed by atoms with E-state index in [1.807, 2.05) is 19.1 Å². The summed E-state index contributed by atoms with van der Waals surface area (Å²) in [7, 11) is 0. The maximum atomic E-state index is 9.19. The number of hydrogen-bond acceptors (Lipinski definition) is 3. The lowest BCUT2D eigenvalue weighted by molar-refractivity contribution is 0.0961. The van der Waals surface area contributed by atoms with E-state index in [2.05, 4.69) is 18.8 Å².